The summed E-state index contributed by atoms with van der Waals surface area (Å²) in [5.74, 6) is -1.26. The molecule has 0 spiro atoms. The standard InChI is InChI=1S/C40H48F3N7O5S/c1-23-17-30(18-24(2)48(23)22-35(52)46-27-8-13-33(45-21-27)31-12-14-34(51)47-36(31)53)55-16-15-25-5-9-28(10-6-25)50-38(56)49(37(54)39(50,3)4)29-11-7-26(20-44)32(19-29)40(41,42)43/h7-8,11,13,19,21,23-25,28,30-31H,5-6,9-10,12,14-18,22H2,1-4H3,(H,46,52)(H,47,51,53). The molecule has 2 N–H and O–H groups in total. The molecule has 300 valence electrons. The first-order valence-electron chi connectivity index (χ1n) is 19.2. The Morgan fingerprint density at radius 2 is 1.77 bits per heavy atom. The zero-order valence-corrected chi connectivity index (χ0v) is 32.8. The monoisotopic (exact) mass is 795 g/mol. The highest BCUT2D eigenvalue weighted by atomic mass is 32.1. The van der Waals surface area contributed by atoms with Gasteiger partial charge in [0.1, 0.15) is 5.54 Å². The number of rotatable bonds is 10. The molecule has 4 aliphatic rings. The van der Waals surface area contributed by atoms with Crippen LogP contribution in [-0.2, 0) is 30.1 Å². The van der Waals surface area contributed by atoms with Crippen molar-refractivity contribution in [2.24, 2.45) is 5.92 Å². The van der Waals surface area contributed by atoms with Crippen LogP contribution in [0.15, 0.2) is 36.5 Å². The fourth-order valence-electron chi connectivity index (χ4n) is 8.78. The van der Waals surface area contributed by atoms with E-state index in [1.807, 2.05) is 4.90 Å². The summed E-state index contributed by atoms with van der Waals surface area (Å²) in [6.45, 7) is 8.53. The Kier molecular flexibility index (Phi) is 12.2. The van der Waals surface area contributed by atoms with Gasteiger partial charge in [0, 0.05) is 31.2 Å². The first kappa shape index (κ1) is 41.2. The maximum Gasteiger partial charge on any atom is 0.417 e. The van der Waals surface area contributed by atoms with Gasteiger partial charge in [0.15, 0.2) is 5.11 Å². The van der Waals surface area contributed by atoms with E-state index < -0.39 is 34.7 Å². The number of nitrogens with one attached hydrogen (secondary N) is 2. The number of nitrogens with zero attached hydrogens (tertiary/aromatic N) is 5. The highest BCUT2D eigenvalue weighted by Crippen LogP contribution is 2.41. The summed E-state index contributed by atoms with van der Waals surface area (Å²) in [7, 11) is 0. The number of carbonyl (C=O) groups excluding carboxylic acids is 4. The van der Waals surface area contributed by atoms with Crippen molar-refractivity contribution in [3.63, 3.8) is 0 Å². The van der Waals surface area contributed by atoms with Crippen molar-refractivity contribution in [1.29, 1.82) is 5.26 Å². The third kappa shape index (κ3) is 8.74. The van der Waals surface area contributed by atoms with Crippen molar-refractivity contribution in [3.05, 3.63) is 53.3 Å². The number of piperidine rings is 2. The first-order valence-corrected chi connectivity index (χ1v) is 19.6. The van der Waals surface area contributed by atoms with Crippen molar-refractivity contribution in [2.45, 2.75) is 127 Å². The molecule has 4 fully saturated rings. The Balaban J connectivity index is 0.942. The maximum atomic E-state index is 13.7. The number of hydrogen-bond acceptors (Lipinski definition) is 9. The summed E-state index contributed by atoms with van der Waals surface area (Å²) < 4.78 is 47.6. The second-order valence-corrected chi connectivity index (χ2v) is 16.4. The number of hydrogen-bond donors (Lipinski definition) is 2. The number of halogens is 3. The van der Waals surface area contributed by atoms with E-state index in [0.717, 1.165) is 57.1 Å². The van der Waals surface area contributed by atoms with Crippen LogP contribution in [0.25, 0.3) is 0 Å². The van der Waals surface area contributed by atoms with Crippen LogP contribution >= 0.6 is 12.2 Å². The van der Waals surface area contributed by atoms with Gasteiger partial charge in [0.2, 0.25) is 17.7 Å². The lowest BCUT2D eigenvalue weighted by Gasteiger charge is -2.42. The fraction of sp³-hybridized carbons (Fsp3) is 0.575. The Labute approximate surface area is 330 Å². The highest BCUT2D eigenvalue weighted by molar-refractivity contribution is 7.80. The lowest BCUT2D eigenvalue weighted by molar-refractivity contribution is -0.138. The van der Waals surface area contributed by atoms with Gasteiger partial charge < -0.3 is 15.0 Å². The largest absolute Gasteiger partial charge is 0.417 e. The van der Waals surface area contributed by atoms with Gasteiger partial charge in [-0.25, -0.2) is 0 Å². The average Bonchev–Trinajstić information content (AvgIpc) is 3.32. The number of anilines is 2. The predicted octanol–water partition coefficient (Wildman–Crippen LogP) is 6.05. The van der Waals surface area contributed by atoms with Gasteiger partial charge in [0.05, 0.1) is 59.0 Å². The van der Waals surface area contributed by atoms with Crippen LogP contribution in [-0.4, -0.2) is 86.4 Å². The van der Waals surface area contributed by atoms with Crippen LogP contribution in [0.2, 0.25) is 0 Å². The third-order valence-electron chi connectivity index (χ3n) is 11.8. The third-order valence-corrected chi connectivity index (χ3v) is 12.2. The SMILES string of the molecule is CC1CC(OCCC2CCC(N3C(=S)N(c4ccc(C#N)c(C(F)(F)F)c4)C(=O)C3(C)C)CC2)CC(C)N1CC(=O)Nc1ccc(C2CCC(=O)NC2=O)nc1. The number of likely N-dealkylation sites (tertiary alicyclic amines) is 1. The molecule has 1 aromatic heterocycles. The molecule has 1 aliphatic carbocycles. The number of pyridine rings is 1. The number of aromatic nitrogens is 1. The summed E-state index contributed by atoms with van der Waals surface area (Å²) in [4.78, 5) is 59.9. The van der Waals surface area contributed by atoms with E-state index in [0.29, 0.717) is 30.3 Å². The molecule has 0 bridgehead atoms. The molecule has 1 saturated carbocycles. The quantitative estimate of drug-likeness (QED) is 0.215. The van der Waals surface area contributed by atoms with Crippen molar-refractivity contribution in [1.82, 2.24) is 20.1 Å². The number of thiocarbonyl (C=S) groups is 1. The minimum absolute atomic E-state index is 0.00123. The van der Waals surface area contributed by atoms with Crippen molar-refractivity contribution in [3.8, 4) is 6.07 Å². The molecule has 0 radical (unpaired) electrons. The van der Waals surface area contributed by atoms with Crippen LogP contribution in [0.1, 0.15) is 108 Å². The molecule has 3 saturated heterocycles. The Morgan fingerprint density at radius 1 is 1.07 bits per heavy atom. The number of amides is 4. The van der Waals surface area contributed by atoms with Crippen molar-refractivity contribution >= 4 is 52.3 Å². The number of carbonyl (C=O) groups is 4. The minimum atomic E-state index is -4.76. The molecule has 2 aromatic rings. The zero-order valence-electron chi connectivity index (χ0n) is 32.0. The van der Waals surface area contributed by atoms with E-state index in [4.69, 9.17) is 17.0 Å². The second-order valence-electron chi connectivity index (χ2n) is 16.0. The summed E-state index contributed by atoms with van der Waals surface area (Å²) >= 11 is 5.75. The molecule has 4 heterocycles. The molecule has 6 rings (SSSR count). The topological polar surface area (TPSA) is 148 Å². The van der Waals surface area contributed by atoms with Gasteiger partial charge >= 0.3 is 6.18 Å². The number of ether oxygens (including phenoxy) is 1. The lowest BCUT2D eigenvalue weighted by Crippen LogP contribution is -2.51. The van der Waals surface area contributed by atoms with Gasteiger partial charge in [-0.3, -0.25) is 39.3 Å². The Hall–Kier alpha value is -4.46. The number of benzene rings is 1. The van der Waals surface area contributed by atoms with Gasteiger partial charge in [0.25, 0.3) is 5.91 Å². The fourth-order valence-corrected chi connectivity index (χ4v) is 9.35. The van der Waals surface area contributed by atoms with Crippen LogP contribution in [0, 0.1) is 17.2 Å². The molecule has 3 unspecified atom stereocenters. The van der Waals surface area contributed by atoms with E-state index in [2.05, 4.69) is 34.4 Å². The zero-order chi connectivity index (χ0) is 40.5. The van der Waals surface area contributed by atoms with E-state index in [1.165, 1.54) is 17.2 Å². The maximum absolute atomic E-state index is 13.7. The molecule has 3 aliphatic heterocycles. The first-order chi connectivity index (χ1) is 26.5. The minimum Gasteiger partial charge on any atom is -0.378 e. The van der Waals surface area contributed by atoms with Crippen LogP contribution in [0.4, 0.5) is 24.5 Å². The molecule has 4 amide bonds. The number of alkyl halides is 3. The van der Waals surface area contributed by atoms with E-state index in [-0.39, 0.29) is 65.7 Å². The molecule has 3 atom stereocenters. The smallest absolute Gasteiger partial charge is 0.378 e. The van der Waals surface area contributed by atoms with Gasteiger partial charge in [-0.05, 0) is 128 Å². The highest BCUT2D eigenvalue weighted by Gasteiger charge is 2.52. The van der Waals surface area contributed by atoms with Crippen LogP contribution in [0.3, 0.4) is 0 Å². The summed E-state index contributed by atoms with van der Waals surface area (Å²) in [5, 5.41) is 14.6. The van der Waals surface area contributed by atoms with Gasteiger partial charge in [-0.1, -0.05) is 0 Å². The van der Waals surface area contributed by atoms with Gasteiger partial charge in [-0.2, -0.15) is 18.4 Å². The number of imide groups is 1. The molecule has 1 aromatic carbocycles. The van der Waals surface area contributed by atoms with E-state index in [9.17, 15) is 37.6 Å². The molecule has 16 heteroatoms. The normalized spacial score (nSPS) is 27.2. The van der Waals surface area contributed by atoms with E-state index >= 15 is 0 Å². The molecular formula is C40H48F3N7O5S. The number of nitriles is 1. The average molecular weight is 796 g/mol. The summed E-state index contributed by atoms with van der Waals surface area (Å²) in [6, 6.07) is 8.45. The lowest BCUT2D eigenvalue weighted by atomic mass is 9.82. The van der Waals surface area contributed by atoms with Crippen LogP contribution < -0.4 is 15.5 Å². The van der Waals surface area contributed by atoms with Crippen molar-refractivity contribution in [2.75, 3.05) is 23.4 Å². The van der Waals surface area contributed by atoms with Crippen LogP contribution in [0.5, 0.6) is 0 Å². The van der Waals surface area contributed by atoms with E-state index in [1.54, 1.807) is 32.0 Å². The Bertz CT molecular complexity index is 1880. The summed E-state index contributed by atoms with van der Waals surface area (Å²) in [5.41, 5.74) is -1.57. The Morgan fingerprint density at radius 3 is 2.38 bits per heavy atom. The predicted molar refractivity (Wildman–Crippen MR) is 205 cm³/mol. The molecular weight excluding hydrogens is 748 g/mol. The molecule has 56 heavy (non-hydrogen) atoms. The second kappa shape index (κ2) is 16.6. The van der Waals surface area contributed by atoms with Gasteiger partial charge in [-0.15, -0.1) is 0 Å². The summed E-state index contributed by atoms with van der Waals surface area (Å²) in [6.07, 6.45) is 3.37. The molecule has 12 nitrogen and oxygen atoms in total. The van der Waals surface area contributed by atoms with Crippen molar-refractivity contribution < 1.29 is 37.1 Å².